The van der Waals surface area contributed by atoms with Crippen molar-refractivity contribution in [2.75, 3.05) is 11.4 Å². The number of aromatic nitrogens is 1. The molecule has 0 amide bonds. The van der Waals surface area contributed by atoms with Crippen LogP contribution in [0.2, 0.25) is 0 Å². The predicted octanol–water partition coefficient (Wildman–Crippen LogP) is 4.21. The fraction of sp³-hybridized carbons (Fsp3) is 0.438. The topological polar surface area (TPSA) is 16.1 Å². The molecular formula is C16H19ClN2. The third-order valence-electron chi connectivity index (χ3n) is 3.98. The number of benzene rings is 1. The van der Waals surface area contributed by atoms with Crippen molar-refractivity contribution in [3.8, 4) is 0 Å². The van der Waals surface area contributed by atoms with Crippen molar-refractivity contribution < 1.29 is 0 Å². The monoisotopic (exact) mass is 274 g/mol. The highest BCUT2D eigenvalue weighted by Gasteiger charge is 2.27. The molecule has 0 spiro atoms. The molecule has 2 unspecified atom stereocenters. The number of nitrogens with zero attached hydrogens (tertiary/aromatic N) is 2. The number of hydrogen-bond donors (Lipinski definition) is 0. The molecule has 0 N–H and O–H groups in total. The summed E-state index contributed by atoms with van der Waals surface area (Å²) < 4.78 is 0. The van der Waals surface area contributed by atoms with Gasteiger partial charge in [-0.1, -0.05) is 25.1 Å². The Labute approximate surface area is 119 Å². The van der Waals surface area contributed by atoms with Crippen molar-refractivity contribution in [2.45, 2.75) is 32.2 Å². The van der Waals surface area contributed by atoms with Crippen LogP contribution in [0.5, 0.6) is 0 Å². The number of rotatable bonds is 2. The van der Waals surface area contributed by atoms with Gasteiger partial charge >= 0.3 is 0 Å². The Kier molecular flexibility index (Phi) is 3.36. The third kappa shape index (κ3) is 2.30. The molecule has 2 atom stereocenters. The van der Waals surface area contributed by atoms with Crippen LogP contribution >= 0.6 is 11.6 Å². The fourth-order valence-electron chi connectivity index (χ4n) is 3.15. The molecule has 0 bridgehead atoms. The molecule has 0 aliphatic carbocycles. The van der Waals surface area contributed by atoms with Crippen LogP contribution in [0.3, 0.4) is 0 Å². The van der Waals surface area contributed by atoms with E-state index in [1.54, 1.807) is 0 Å². The molecule has 1 aromatic carbocycles. The van der Waals surface area contributed by atoms with E-state index in [9.17, 15) is 0 Å². The van der Waals surface area contributed by atoms with Gasteiger partial charge in [0.05, 0.1) is 17.1 Å². The summed E-state index contributed by atoms with van der Waals surface area (Å²) >= 11 is 5.99. The number of para-hydroxylation sites is 1. The maximum Gasteiger partial charge on any atom is 0.0726 e. The second-order valence-electron chi connectivity index (χ2n) is 5.63. The second kappa shape index (κ2) is 5.01. The molecule has 2 heterocycles. The zero-order valence-corrected chi connectivity index (χ0v) is 12.2. The van der Waals surface area contributed by atoms with Gasteiger partial charge in [-0.3, -0.25) is 4.98 Å². The molecule has 1 fully saturated rings. The molecule has 2 aromatic rings. The van der Waals surface area contributed by atoms with Crippen LogP contribution in [-0.2, 0) is 5.88 Å². The molecule has 3 heteroatoms. The zero-order valence-electron chi connectivity index (χ0n) is 11.4. The Morgan fingerprint density at radius 2 is 2.11 bits per heavy atom. The molecular weight excluding hydrogens is 256 g/mol. The van der Waals surface area contributed by atoms with Crippen molar-refractivity contribution in [1.82, 2.24) is 4.98 Å². The van der Waals surface area contributed by atoms with Crippen LogP contribution in [0.4, 0.5) is 5.69 Å². The van der Waals surface area contributed by atoms with Crippen molar-refractivity contribution in [1.29, 1.82) is 0 Å². The lowest BCUT2D eigenvalue weighted by Crippen LogP contribution is -2.27. The summed E-state index contributed by atoms with van der Waals surface area (Å²) in [4.78, 5) is 7.12. The molecule has 3 rings (SSSR count). The van der Waals surface area contributed by atoms with Crippen LogP contribution in [-0.4, -0.2) is 17.6 Å². The lowest BCUT2D eigenvalue weighted by molar-refractivity contribution is 0.625. The first kappa shape index (κ1) is 12.7. The van der Waals surface area contributed by atoms with E-state index in [1.807, 2.05) is 6.07 Å². The zero-order chi connectivity index (χ0) is 13.4. The van der Waals surface area contributed by atoms with Crippen molar-refractivity contribution in [2.24, 2.45) is 5.92 Å². The minimum absolute atomic E-state index is 0.468. The van der Waals surface area contributed by atoms with E-state index in [0.717, 1.165) is 23.7 Å². The summed E-state index contributed by atoms with van der Waals surface area (Å²) in [6.07, 6.45) is 1.26. The normalized spacial score (nSPS) is 23.2. The maximum absolute atomic E-state index is 5.99. The summed E-state index contributed by atoms with van der Waals surface area (Å²) in [6.45, 7) is 5.75. The second-order valence-corrected chi connectivity index (χ2v) is 5.89. The Hall–Kier alpha value is -1.28. The van der Waals surface area contributed by atoms with Gasteiger partial charge in [-0.15, -0.1) is 11.6 Å². The first-order chi connectivity index (χ1) is 9.19. The lowest BCUT2D eigenvalue weighted by atomic mass is 10.1. The molecule has 1 aromatic heterocycles. The summed E-state index contributed by atoms with van der Waals surface area (Å²) in [7, 11) is 0. The maximum atomic E-state index is 5.99. The van der Waals surface area contributed by atoms with Crippen molar-refractivity contribution in [3.05, 3.63) is 36.0 Å². The smallest absolute Gasteiger partial charge is 0.0726 e. The van der Waals surface area contributed by atoms with Gasteiger partial charge in [-0.2, -0.15) is 0 Å². The molecule has 100 valence electrons. The average molecular weight is 275 g/mol. The van der Waals surface area contributed by atoms with Gasteiger partial charge in [0.15, 0.2) is 0 Å². The summed E-state index contributed by atoms with van der Waals surface area (Å²) in [5, 5.41) is 1.23. The average Bonchev–Trinajstić information content (AvgIpc) is 2.76. The van der Waals surface area contributed by atoms with Gasteiger partial charge in [0.25, 0.3) is 0 Å². The minimum Gasteiger partial charge on any atom is -0.368 e. The summed E-state index contributed by atoms with van der Waals surface area (Å²) in [6, 6.07) is 11.1. The van der Waals surface area contributed by atoms with Crippen molar-refractivity contribution >= 4 is 28.2 Å². The number of halogens is 1. The molecule has 0 radical (unpaired) electrons. The highest BCUT2D eigenvalue weighted by molar-refractivity contribution is 6.17. The molecule has 1 aliphatic heterocycles. The van der Waals surface area contributed by atoms with Gasteiger partial charge in [0, 0.05) is 23.7 Å². The van der Waals surface area contributed by atoms with Crippen LogP contribution in [0.15, 0.2) is 30.3 Å². The van der Waals surface area contributed by atoms with E-state index in [4.69, 9.17) is 11.6 Å². The number of pyridine rings is 1. The standard InChI is InChI=1S/C16H19ClN2/c1-11-7-12(2)19(10-11)16-8-13(9-17)18-15-6-4-3-5-14(15)16/h3-6,8,11-12H,7,9-10H2,1-2H3. The lowest BCUT2D eigenvalue weighted by Gasteiger charge is -2.25. The summed E-state index contributed by atoms with van der Waals surface area (Å²) in [5.74, 6) is 1.22. The Bertz CT molecular complexity index is 596. The van der Waals surface area contributed by atoms with E-state index in [0.29, 0.717) is 11.9 Å². The highest BCUT2D eigenvalue weighted by Crippen LogP contribution is 2.34. The molecule has 19 heavy (non-hydrogen) atoms. The van der Waals surface area contributed by atoms with Crippen LogP contribution in [0, 0.1) is 5.92 Å². The quantitative estimate of drug-likeness (QED) is 0.763. The SMILES string of the molecule is CC1CC(C)N(c2cc(CCl)nc3ccccc23)C1. The van der Waals surface area contributed by atoms with Gasteiger partial charge in [-0.25, -0.2) is 0 Å². The molecule has 2 nitrogen and oxygen atoms in total. The van der Waals surface area contributed by atoms with E-state index >= 15 is 0 Å². The van der Waals surface area contributed by atoms with E-state index in [2.05, 4.69) is 48.0 Å². The number of anilines is 1. The fourth-order valence-corrected chi connectivity index (χ4v) is 3.29. The predicted molar refractivity (Wildman–Crippen MR) is 81.9 cm³/mol. The van der Waals surface area contributed by atoms with Crippen LogP contribution in [0.25, 0.3) is 10.9 Å². The largest absolute Gasteiger partial charge is 0.368 e. The van der Waals surface area contributed by atoms with Gasteiger partial charge in [0.1, 0.15) is 0 Å². The summed E-state index contributed by atoms with van der Waals surface area (Å²) in [5.41, 5.74) is 3.29. The number of fused-ring (bicyclic) bond motifs is 1. The van der Waals surface area contributed by atoms with Gasteiger partial charge in [0.2, 0.25) is 0 Å². The number of alkyl halides is 1. The Balaban J connectivity index is 2.16. The van der Waals surface area contributed by atoms with Crippen molar-refractivity contribution in [3.63, 3.8) is 0 Å². The van der Waals surface area contributed by atoms with Gasteiger partial charge in [-0.05, 0) is 31.4 Å². The first-order valence-electron chi connectivity index (χ1n) is 6.90. The molecule has 1 saturated heterocycles. The van der Waals surface area contributed by atoms with E-state index in [-0.39, 0.29) is 0 Å². The minimum atomic E-state index is 0.468. The highest BCUT2D eigenvalue weighted by atomic mass is 35.5. The van der Waals surface area contributed by atoms with Crippen LogP contribution < -0.4 is 4.90 Å². The third-order valence-corrected chi connectivity index (χ3v) is 4.25. The van der Waals surface area contributed by atoms with E-state index < -0.39 is 0 Å². The first-order valence-corrected chi connectivity index (χ1v) is 7.43. The molecule has 1 aliphatic rings. The number of hydrogen-bond acceptors (Lipinski definition) is 2. The molecule has 0 saturated carbocycles. The van der Waals surface area contributed by atoms with Gasteiger partial charge < -0.3 is 4.90 Å². The van der Waals surface area contributed by atoms with E-state index in [1.165, 1.54) is 17.5 Å². The van der Waals surface area contributed by atoms with Crippen LogP contribution in [0.1, 0.15) is 26.0 Å². The Morgan fingerprint density at radius 3 is 2.79 bits per heavy atom. The Morgan fingerprint density at radius 1 is 1.32 bits per heavy atom.